The number of amides is 3. The number of nitrogens with zero attached hydrogens (tertiary/aromatic N) is 3. The molecule has 2 saturated heterocycles. The molecule has 0 spiro atoms. The monoisotopic (exact) mass is 736 g/mol. The van der Waals surface area contributed by atoms with Crippen LogP contribution in [0.2, 0.25) is 0 Å². The second-order valence-electron chi connectivity index (χ2n) is 15.1. The van der Waals surface area contributed by atoms with Gasteiger partial charge in [-0.15, -0.1) is 0 Å². The molecule has 11 nitrogen and oxygen atoms in total. The van der Waals surface area contributed by atoms with Gasteiger partial charge in [-0.1, -0.05) is 55.3 Å². The summed E-state index contributed by atoms with van der Waals surface area (Å²) in [6.45, 7) is 3.52. The van der Waals surface area contributed by atoms with Crippen molar-refractivity contribution >= 4 is 34.6 Å². The van der Waals surface area contributed by atoms with Gasteiger partial charge in [-0.2, -0.15) is 0 Å². The minimum absolute atomic E-state index is 0.00536. The van der Waals surface area contributed by atoms with Crippen molar-refractivity contribution in [1.29, 1.82) is 0 Å². The smallest absolute Gasteiger partial charge is 0.332 e. The summed E-state index contributed by atoms with van der Waals surface area (Å²) in [6, 6.07) is 16.6. The van der Waals surface area contributed by atoms with E-state index in [0.29, 0.717) is 42.9 Å². The summed E-state index contributed by atoms with van der Waals surface area (Å²) in [5.74, 6) is -0.761. The number of nitrogens with one attached hydrogen (secondary N) is 1. The van der Waals surface area contributed by atoms with Gasteiger partial charge < -0.3 is 29.3 Å². The fourth-order valence-corrected chi connectivity index (χ4v) is 8.35. The van der Waals surface area contributed by atoms with Crippen LogP contribution in [0.1, 0.15) is 77.6 Å². The van der Waals surface area contributed by atoms with E-state index in [2.05, 4.69) is 11.4 Å². The number of hydrogen-bond acceptors (Lipinski definition) is 8. The molecule has 1 aliphatic carbocycles. The first kappa shape index (κ1) is 37.4. The maximum Gasteiger partial charge on any atom is 0.332 e. The maximum atomic E-state index is 14.7. The van der Waals surface area contributed by atoms with Gasteiger partial charge in [0.2, 0.25) is 17.7 Å². The summed E-state index contributed by atoms with van der Waals surface area (Å²) >= 11 is 0. The summed E-state index contributed by atoms with van der Waals surface area (Å²) in [5.41, 5.74) is 1.31. The zero-order chi connectivity index (χ0) is 37.7. The molecule has 4 aliphatic rings. The zero-order valence-electron chi connectivity index (χ0n) is 31.5. The lowest BCUT2D eigenvalue weighted by Crippen LogP contribution is -2.54. The van der Waals surface area contributed by atoms with E-state index in [0.717, 1.165) is 61.6 Å². The van der Waals surface area contributed by atoms with Crippen molar-refractivity contribution in [2.45, 2.75) is 95.2 Å². The van der Waals surface area contributed by atoms with Crippen LogP contribution in [-0.4, -0.2) is 89.5 Å². The molecule has 3 aromatic rings. The van der Waals surface area contributed by atoms with Crippen molar-refractivity contribution < 1.29 is 33.4 Å². The number of methoxy groups -OCH3 is 1. The van der Waals surface area contributed by atoms with Crippen molar-refractivity contribution in [2.24, 2.45) is 11.8 Å². The number of hydrogen-bond donors (Lipinski definition) is 1. The lowest BCUT2D eigenvalue weighted by atomic mass is 9.94. The van der Waals surface area contributed by atoms with E-state index in [1.165, 1.54) is 0 Å². The molecule has 286 valence electrons. The van der Waals surface area contributed by atoms with Crippen molar-refractivity contribution in [3.05, 3.63) is 66.7 Å². The molecule has 1 N–H and O–H groups in total. The Morgan fingerprint density at radius 3 is 2.56 bits per heavy atom. The average molecular weight is 737 g/mol. The topological polar surface area (TPSA) is 127 Å². The predicted octanol–water partition coefficient (Wildman–Crippen LogP) is 6.24. The van der Waals surface area contributed by atoms with Crippen LogP contribution in [0.4, 0.5) is 0 Å². The molecule has 0 radical (unpaired) electrons. The van der Waals surface area contributed by atoms with E-state index < -0.39 is 35.5 Å². The maximum absolute atomic E-state index is 14.7. The Morgan fingerprint density at radius 2 is 1.78 bits per heavy atom. The fourth-order valence-electron chi connectivity index (χ4n) is 8.35. The van der Waals surface area contributed by atoms with E-state index >= 15 is 0 Å². The van der Waals surface area contributed by atoms with Crippen molar-refractivity contribution in [2.75, 3.05) is 33.4 Å². The molecule has 2 unspecified atom stereocenters. The molecular formula is C43H52N4O7. The number of aromatic nitrogens is 1. The molecule has 3 amide bonds. The number of carbonyl (C=O) groups excluding carboxylic acids is 4. The SMILES string of the molecule is CCOC(=O)C12CC1/C=C\CCCCC[C@@H](CC(=O)N1CCCCC1)C(=O)N1C[C@H](Oc3cc(OC)cc4nc(-c5ccccc5)ccc34)C[C@H]1C(=O)N2. The van der Waals surface area contributed by atoms with Crippen LogP contribution in [0.15, 0.2) is 66.7 Å². The molecule has 1 saturated carbocycles. The fraction of sp³-hybridized carbons (Fsp3) is 0.512. The Labute approximate surface area is 317 Å². The van der Waals surface area contributed by atoms with Crippen LogP contribution in [0.5, 0.6) is 11.5 Å². The van der Waals surface area contributed by atoms with E-state index in [4.69, 9.17) is 19.2 Å². The molecule has 11 heteroatoms. The second kappa shape index (κ2) is 16.6. The quantitative estimate of drug-likeness (QED) is 0.213. The first-order chi connectivity index (χ1) is 26.3. The van der Waals surface area contributed by atoms with Crippen LogP contribution in [0, 0.1) is 11.8 Å². The molecular weight excluding hydrogens is 684 g/mol. The van der Waals surface area contributed by atoms with E-state index in [9.17, 15) is 19.2 Å². The number of allylic oxidation sites excluding steroid dienone is 1. The molecule has 0 bridgehead atoms. The first-order valence-electron chi connectivity index (χ1n) is 19.7. The highest BCUT2D eigenvalue weighted by atomic mass is 16.5. The van der Waals surface area contributed by atoms with E-state index in [-0.39, 0.29) is 43.7 Å². The summed E-state index contributed by atoms with van der Waals surface area (Å²) in [7, 11) is 1.59. The second-order valence-corrected chi connectivity index (χ2v) is 15.1. The molecule has 3 aliphatic heterocycles. The summed E-state index contributed by atoms with van der Waals surface area (Å²) in [6.07, 6.45) is 11.4. The summed E-state index contributed by atoms with van der Waals surface area (Å²) in [5, 5.41) is 3.83. The molecule has 3 fully saturated rings. The van der Waals surface area contributed by atoms with E-state index in [1.807, 2.05) is 59.5 Å². The third-order valence-electron chi connectivity index (χ3n) is 11.5. The van der Waals surface area contributed by atoms with Crippen molar-refractivity contribution in [3.63, 3.8) is 0 Å². The highest BCUT2D eigenvalue weighted by molar-refractivity contribution is 5.96. The highest BCUT2D eigenvalue weighted by Gasteiger charge is 2.62. The number of pyridine rings is 1. The van der Waals surface area contributed by atoms with Crippen molar-refractivity contribution in [1.82, 2.24) is 20.1 Å². The largest absolute Gasteiger partial charge is 0.497 e. The van der Waals surface area contributed by atoms with Gasteiger partial charge in [-0.25, -0.2) is 9.78 Å². The highest BCUT2D eigenvalue weighted by Crippen LogP contribution is 2.46. The third kappa shape index (κ3) is 8.10. The van der Waals surface area contributed by atoms with Gasteiger partial charge in [0.05, 0.1) is 31.5 Å². The van der Waals surface area contributed by atoms with Crippen LogP contribution in [-0.2, 0) is 23.9 Å². The molecule has 1 aromatic heterocycles. The Kier molecular flexibility index (Phi) is 11.5. The molecule has 54 heavy (non-hydrogen) atoms. The van der Waals surface area contributed by atoms with Crippen LogP contribution < -0.4 is 14.8 Å². The van der Waals surface area contributed by atoms with Crippen LogP contribution in [0.3, 0.4) is 0 Å². The summed E-state index contributed by atoms with van der Waals surface area (Å²) in [4.78, 5) is 64.5. The number of rotatable bonds is 8. The minimum Gasteiger partial charge on any atom is -0.497 e. The van der Waals surface area contributed by atoms with Gasteiger partial charge in [0.25, 0.3) is 0 Å². The van der Waals surface area contributed by atoms with Crippen molar-refractivity contribution in [3.8, 4) is 22.8 Å². The molecule has 4 heterocycles. The number of esters is 1. The Balaban J connectivity index is 1.20. The Morgan fingerprint density at radius 1 is 0.981 bits per heavy atom. The number of benzene rings is 2. The molecule has 2 aromatic carbocycles. The Bertz CT molecular complexity index is 1880. The van der Waals surface area contributed by atoms with Gasteiger partial charge in [-0.05, 0) is 64.0 Å². The lowest BCUT2D eigenvalue weighted by Gasteiger charge is -2.31. The zero-order valence-corrected chi connectivity index (χ0v) is 31.5. The average Bonchev–Trinajstić information content (AvgIpc) is 3.73. The normalized spacial score (nSPS) is 26.8. The van der Waals surface area contributed by atoms with Gasteiger partial charge >= 0.3 is 5.97 Å². The van der Waals surface area contributed by atoms with Gasteiger partial charge in [-0.3, -0.25) is 14.4 Å². The van der Waals surface area contributed by atoms with Crippen LogP contribution in [0.25, 0.3) is 22.2 Å². The molecule has 5 atom stereocenters. The first-order valence-corrected chi connectivity index (χ1v) is 19.7. The van der Waals surface area contributed by atoms with Crippen LogP contribution >= 0.6 is 0 Å². The number of carbonyl (C=O) groups is 4. The number of ether oxygens (including phenoxy) is 3. The standard InChI is InChI=1S/C43H52N4O7/c1-3-53-42(51)43-27-31(43)18-12-6-4-5-9-17-30(23-39(48)46-21-13-8-14-22-46)41(50)47-28-33(25-37(47)40(49)45-43)54-38-26-32(52-2)24-36-34(38)19-20-35(44-36)29-15-10-7-11-16-29/h7,10-12,15-16,18-20,24,26,30-31,33,37H,3-6,8-9,13-14,17,21-23,25,27-28H2,1-2H3,(H,45,49)/b18-12-/t30-,31?,33+,37-,43?/m0/s1. The third-order valence-corrected chi connectivity index (χ3v) is 11.5. The molecule has 7 rings (SSSR count). The lowest BCUT2D eigenvalue weighted by molar-refractivity contribution is -0.150. The number of likely N-dealkylation sites (tertiary alicyclic amines) is 1. The van der Waals surface area contributed by atoms with Gasteiger partial charge in [0.1, 0.15) is 29.2 Å². The Hall–Kier alpha value is -4.93. The predicted molar refractivity (Wildman–Crippen MR) is 205 cm³/mol. The van der Waals surface area contributed by atoms with Gasteiger partial charge in [0.15, 0.2) is 0 Å². The minimum atomic E-state index is -1.17. The number of piperidine rings is 1. The summed E-state index contributed by atoms with van der Waals surface area (Å²) < 4.78 is 17.8. The van der Waals surface area contributed by atoms with E-state index in [1.54, 1.807) is 25.0 Å². The number of fused-ring (bicyclic) bond motifs is 3. The van der Waals surface area contributed by atoms with Gasteiger partial charge in [0, 0.05) is 60.8 Å².